The van der Waals surface area contributed by atoms with Crippen molar-refractivity contribution in [3.63, 3.8) is 0 Å². The smallest absolute Gasteiger partial charge is 0.0826 e. The molecule has 1 N–H and O–H groups in total. The standard InChI is InChI=1S/C15H30N2O/c1-13(2)17-8-9-18-15(12-17)11-16-10-14-6-4-3-5-7-14/h13-16H,3-12H2,1-2H3. The van der Waals surface area contributed by atoms with Gasteiger partial charge >= 0.3 is 0 Å². The Morgan fingerprint density at radius 1 is 1.17 bits per heavy atom. The van der Waals surface area contributed by atoms with Crippen LogP contribution in [-0.4, -0.2) is 49.8 Å². The van der Waals surface area contributed by atoms with Gasteiger partial charge in [0.2, 0.25) is 0 Å². The molecular formula is C15H30N2O. The zero-order chi connectivity index (χ0) is 12.8. The van der Waals surface area contributed by atoms with E-state index in [0.717, 1.165) is 32.2 Å². The second-order valence-electron chi connectivity index (χ2n) is 6.24. The summed E-state index contributed by atoms with van der Waals surface area (Å²) in [5.41, 5.74) is 0. The fourth-order valence-corrected chi connectivity index (χ4v) is 3.17. The number of rotatable bonds is 5. The number of morpholine rings is 1. The van der Waals surface area contributed by atoms with E-state index in [4.69, 9.17) is 4.74 Å². The summed E-state index contributed by atoms with van der Waals surface area (Å²) in [6.07, 6.45) is 7.57. The third-order valence-corrected chi connectivity index (χ3v) is 4.43. The first-order valence-electron chi connectivity index (χ1n) is 7.82. The van der Waals surface area contributed by atoms with Crippen molar-refractivity contribution in [2.75, 3.05) is 32.8 Å². The van der Waals surface area contributed by atoms with Crippen molar-refractivity contribution < 1.29 is 4.74 Å². The summed E-state index contributed by atoms with van der Waals surface area (Å²) in [4.78, 5) is 2.52. The van der Waals surface area contributed by atoms with Gasteiger partial charge in [-0.05, 0) is 39.2 Å². The number of hydrogen-bond acceptors (Lipinski definition) is 3. The van der Waals surface area contributed by atoms with Crippen molar-refractivity contribution in [2.45, 2.75) is 58.1 Å². The predicted octanol–water partition coefficient (Wildman–Crippen LogP) is 2.27. The highest BCUT2D eigenvalue weighted by atomic mass is 16.5. The Morgan fingerprint density at radius 3 is 2.67 bits per heavy atom. The van der Waals surface area contributed by atoms with Gasteiger partial charge in [0.05, 0.1) is 12.7 Å². The molecule has 1 aliphatic heterocycles. The topological polar surface area (TPSA) is 24.5 Å². The molecule has 18 heavy (non-hydrogen) atoms. The van der Waals surface area contributed by atoms with Crippen LogP contribution in [0.1, 0.15) is 46.0 Å². The highest BCUT2D eigenvalue weighted by Gasteiger charge is 2.22. The second kappa shape index (κ2) is 7.46. The highest BCUT2D eigenvalue weighted by molar-refractivity contribution is 4.76. The molecule has 2 rings (SSSR count). The Labute approximate surface area is 112 Å². The van der Waals surface area contributed by atoms with Gasteiger partial charge in [0.15, 0.2) is 0 Å². The van der Waals surface area contributed by atoms with E-state index in [-0.39, 0.29) is 0 Å². The largest absolute Gasteiger partial charge is 0.374 e. The Balaban J connectivity index is 1.60. The molecule has 0 aromatic heterocycles. The maximum atomic E-state index is 5.84. The van der Waals surface area contributed by atoms with Crippen LogP contribution in [0.2, 0.25) is 0 Å². The van der Waals surface area contributed by atoms with Gasteiger partial charge < -0.3 is 10.1 Å². The summed E-state index contributed by atoms with van der Waals surface area (Å²) in [6.45, 7) is 9.86. The fraction of sp³-hybridized carbons (Fsp3) is 1.00. The van der Waals surface area contributed by atoms with Gasteiger partial charge in [0.25, 0.3) is 0 Å². The number of ether oxygens (including phenoxy) is 1. The molecule has 106 valence electrons. The van der Waals surface area contributed by atoms with Gasteiger partial charge in [-0.2, -0.15) is 0 Å². The molecule has 1 heterocycles. The molecule has 2 fully saturated rings. The zero-order valence-electron chi connectivity index (χ0n) is 12.2. The molecule has 2 aliphatic rings. The molecule has 3 nitrogen and oxygen atoms in total. The number of hydrogen-bond donors (Lipinski definition) is 1. The quantitative estimate of drug-likeness (QED) is 0.814. The van der Waals surface area contributed by atoms with Crippen molar-refractivity contribution >= 4 is 0 Å². The van der Waals surface area contributed by atoms with Gasteiger partial charge in [-0.25, -0.2) is 0 Å². The van der Waals surface area contributed by atoms with E-state index in [1.807, 2.05) is 0 Å². The summed E-state index contributed by atoms with van der Waals surface area (Å²) in [6, 6.07) is 0.648. The maximum absolute atomic E-state index is 5.84. The minimum absolute atomic E-state index is 0.393. The first-order valence-corrected chi connectivity index (χ1v) is 7.82. The lowest BCUT2D eigenvalue weighted by Gasteiger charge is -2.35. The van der Waals surface area contributed by atoms with Crippen LogP contribution < -0.4 is 5.32 Å². The fourth-order valence-electron chi connectivity index (χ4n) is 3.17. The van der Waals surface area contributed by atoms with Crippen molar-refractivity contribution in [2.24, 2.45) is 5.92 Å². The highest BCUT2D eigenvalue weighted by Crippen LogP contribution is 2.22. The molecule has 1 saturated heterocycles. The lowest BCUT2D eigenvalue weighted by Crippen LogP contribution is -2.49. The van der Waals surface area contributed by atoms with Crippen LogP contribution in [0.15, 0.2) is 0 Å². The normalized spacial score (nSPS) is 27.8. The molecule has 0 bridgehead atoms. The Hall–Kier alpha value is -0.120. The molecule has 1 aliphatic carbocycles. The lowest BCUT2D eigenvalue weighted by molar-refractivity contribution is -0.0374. The van der Waals surface area contributed by atoms with Crippen LogP contribution in [0.4, 0.5) is 0 Å². The van der Waals surface area contributed by atoms with Crippen LogP contribution in [0.5, 0.6) is 0 Å². The molecule has 0 spiro atoms. The molecule has 1 unspecified atom stereocenters. The van der Waals surface area contributed by atoms with Crippen molar-refractivity contribution in [3.05, 3.63) is 0 Å². The van der Waals surface area contributed by atoms with Gasteiger partial charge in [-0.1, -0.05) is 19.3 Å². The Kier molecular flexibility index (Phi) is 5.93. The molecular weight excluding hydrogens is 224 g/mol. The van der Waals surface area contributed by atoms with Crippen LogP contribution in [0.25, 0.3) is 0 Å². The van der Waals surface area contributed by atoms with E-state index < -0.39 is 0 Å². The van der Waals surface area contributed by atoms with Gasteiger partial charge in [-0.15, -0.1) is 0 Å². The Morgan fingerprint density at radius 2 is 1.94 bits per heavy atom. The summed E-state index contributed by atoms with van der Waals surface area (Å²) in [5.74, 6) is 0.920. The monoisotopic (exact) mass is 254 g/mol. The molecule has 0 radical (unpaired) electrons. The lowest BCUT2D eigenvalue weighted by atomic mass is 9.89. The van der Waals surface area contributed by atoms with E-state index in [9.17, 15) is 0 Å². The molecule has 0 amide bonds. The predicted molar refractivity (Wildman–Crippen MR) is 75.9 cm³/mol. The van der Waals surface area contributed by atoms with E-state index in [1.54, 1.807) is 0 Å². The number of nitrogens with zero attached hydrogens (tertiary/aromatic N) is 1. The van der Waals surface area contributed by atoms with E-state index in [2.05, 4.69) is 24.1 Å². The summed E-state index contributed by atoms with van der Waals surface area (Å²) >= 11 is 0. The van der Waals surface area contributed by atoms with Crippen molar-refractivity contribution in [1.29, 1.82) is 0 Å². The molecule has 0 aromatic carbocycles. The maximum Gasteiger partial charge on any atom is 0.0826 e. The average molecular weight is 254 g/mol. The molecule has 3 heteroatoms. The first-order chi connectivity index (χ1) is 8.75. The van der Waals surface area contributed by atoms with E-state index in [1.165, 1.54) is 38.6 Å². The minimum Gasteiger partial charge on any atom is -0.374 e. The van der Waals surface area contributed by atoms with Crippen LogP contribution in [0, 0.1) is 5.92 Å². The summed E-state index contributed by atoms with van der Waals surface area (Å²) < 4.78 is 5.84. The Bertz CT molecular complexity index is 227. The molecule has 1 saturated carbocycles. The molecule has 1 atom stereocenters. The van der Waals surface area contributed by atoms with Gasteiger partial charge in [-0.3, -0.25) is 4.90 Å². The summed E-state index contributed by atoms with van der Waals surface area (Å²) in [5, 5.41) is 3.63. The molecule has 0 aromatic rings. The van der Waals surface area contributed by atoms with E-state index in [0.29, 0.717) is 12.1 Å². The van der Waals surface area contributed by atoms with Crippen molar-refractivity contribution in [1.82, 2.24) is 10.2 Å². The van der Waals surface area contributed by atoms with Gasteiger partial charge in [0.1, 0.15) is 0 Å². The van der Waals surface area contributed by atoms with Crippen LogP contribution in [0.3, 0.4) is 0 Å². The van der Waals surface area contributed by atoms with Crippen LogP contribution in [-0.2, 0) is 4.74 Å². The first kappa shape index (κ1) is 14.3. The summed E-state index contributed by atoms with van der Waals surface area (Å²) in [7, 11) is 0. The second-order valence-corrected chi connectivity index (χ2v) is 6.24. The van der Waals surface area contributed by atoms with Gasteiger partial charge in [0, 0.05) is 25.7 Å². The third-order valence-electron chi connectivity index (χ3n) is 4.43. The average Bonchev–Trinajstić information content (AvgIpc) is 2.40. The van der Waals surface area contributed by atoms with Crippen LogP contribution >= 0.6 is 0 Å². The SMILES string of the molecule is CC(C)N1CCOC(CNCC2CCCCC2)C1. The van der Waals surface area contributed by atoms with Crippen molar-refractivity contribution in [3.8, 4) is 0 Å². The minimum atomic E-state index is 0.393. The number of nitrogens with one attached hydrogen (secondary N) is 1. The third kappa shape index (κ3) is 4.52. The van der Waals surface area contributed by atoms with E-state index >= 15 is 0 Å². The zero-order valence-corrected chi connectivity index (χ0v) is 12.2.